The van der Waals surface area contributed by atoms with E-state index in [1.165, 1.54) is 111 Å². The van der Waals surface area contributed by atoms with Gasteiger partial charge in [0.15, 0.2) is 0 Å². The molecule has 0 aliphatic heterocycles. The minimum absolute atomic E-state index is 0. The van der Waals surface area contributed by atoms with Crippen LogP contribution in [0.4, 0.5) is 0 Å². The summed E-state index contributed by atoms with van der Waals surface area (Å²) in [6.45, 7) is 9.35. The third-order valence-electron chi connectivity index (χ3n) is 14.9. The van der Waals surface area contributed by atoms with Crippen LogP contribution in [0.2, 0.25) is 0 Å². The molecule has 0 bridgehead atoms. The quantitative estimate of drug-likeness (QED) is 0.133. The Labute approximate surface area is 443 Å². The van der Waals surface area contributed by atoms with Crippen molar-refractivity contribution in [3.05, 3.63) is 261 Å². The monoisotopic (exact) mass is 1280 g/mol. The fourth-order valence-electron chi connectivity index (χ4n) is 12.0. The second-order valence-electron chi connectivity index (χ2n) is 19.1. The molecule has 4 atom stereocenters. The van der Waals surface area contributed by atoms with Gasteiger partial charge in [-0.3, -0.25) is 0 Å². The molecule has 0 saturated carbocycles. The molecule has 0 fully saturated rings. The number of fused-ring (bicyclic) bond motifs is 4. The zero-order valence-electron chi connectivity index (χ0n) is 40.3. The van der Waals surface area contributed by atoms with Crippen LogP contribution in [0.15, 0.2) is 216 Å². The van der Waals surface area contributed by atoms with E-state index < -0.39 is 41.9 Å². The van der Waals surface area contributed by atoms with Crippen molar-refractivity contribution in [3.8, 4) is 44.5 Å². The van der Waals surface area contributed by atoms with Crippen molar-refractivity contribution in [1.29, 1.82) is 0 Å². The predicted molar refractivity (Wildman–Crippen MR) is 302 cm³/mol. The number of halogens is 2. The number of benzene rings is 8. The second kappa shape index (κ2) is 21.2. The summed E-state index contributed by atoms with van der Waals surface area (Å²) in [5, 5.41) is 0. The summed E-state index contributed by atoms with van der Waals surface area (Å²) in [5.41, 5.74) is 28.4. The van der Waals surface area contributed by atoms with Crippen LogP contribution in [0.1, 0.15) is 86.9 Å². The SMILES string of the molecule is Cl.Cl.[CH2]=[Hf]([CH]1C(C)=Cc2c(-c3ccccc3)cccc21)[CH]1C(C)=Cc2c(-c3ccccc3)cccc21.[CH2]=[Hf]([CH]1C(C)=Cc2c(-c3ccccc3)cccc21)[CH]1C(C)=Cc2c(-c3ccccc3)cccc21. The molecule has 0 heterocycles. The molecule has 8 aromatic rings. The molecule has 70 heavy (non-hydrogen) atoms. The van der Waals surface area contributed by atoms with Crippen molar-refractivity contribution >= 4 is 57.6 Å². The van der Waals surface area contributed by atoms with Gasteiger partial charge in [-0.25, -0.2) is 0 Å². The van der Waals surface area contributed by atoms with Gasteiger partial charge in [-0.1, -0.05) is 0 Å². The number of hydrogen-bond acceptors (Lipinski definition) is 0. The Morgan fingerprint density at radius 1 is 0.271 bits per heavy atom. The average Bonchev–Trinajstić information content (AvgIpc) is 4.12. The summed E-state index contributed by atoms with van der Waals surface area (Å²) < 4.78 is 12.2. The predicted octanol–water partition coefficient (Wildman–Crippen LogP) is 18.2. The van der Waals surface area contributed by atoms with E-state index in [0.29, 0.717) is 14.7 Å². The van der Waals surface area contributed by atoms with E-state index in [0.717, 1.165) is 0 Å². The maximum atomic E-state index is 5.04. The van der Waals surface area contributed by atoms with Gasteiger partial charge in [0.05, 0.1) is 0 Å². The van der Waals surface area contributed by atoms with E-state index >= 15 is 0 Å². The molecule has 4 aliphatic rings. The van der Waals surface area contributed by atoms with Crippen molar-refractivity contribution in [3.63, 3.8) is 0 Å². The van der Waals surface area contributed by atoms with Crippen molar-refractivity contribution < 1.29 is 41.9 Å². The Balaban J connectivity index is 0.000000169. The topological polar surface area (TPSA) is 0 Å². The summed E-state index contributed by atoms with van der Waals surface area (Å²) in [5.74, 6) is 0. The molecule has 0 nitrogen and oxygen atoms in total. The first kappa shape index (κ1) is 49.7. The van der Waals surface area contributed by atoms with Crippen molar-refractivity contribution in [2.24, 2.45) is 0 Å². The molecule has 0 saturated heterocycles. The van der Waals surface area contributed by atoms with E-state index in [1.54, 1.807) is 0 Å². The van der Waals surface area contributed by atoms with Gasteiger partial charge in [0, 0.05) is 0 Å². The van der Waals surface area contributed by atoms with Crippen LogP contribution in [0, 0.1) is 0 Å². The summed E-state index contributed by atoms with van der Waals surface area (Å²) in [7, 11) is 0. The first-order valence-electron chi connectivity index (χ1n) is 24.1. The van der Waals surface area contributed by atoms with Crippen LogP contribution >= 0.6 is 24.8 Å². The molecule has 12 rings (SSSR count). The summed E-state index contributed by atoms with van der Waals surface area (Å²) in [4.78, 5) is 0. The molecule has 4 heteroatoms. The standard InChI is InChI=1S/4C16H13.2CH2.2ClH.2Hf/c4*1-12-10-14-8-5-9-15(16(14)11-12)13-6-3-2-4-7-13;;;;;;/h4*2-11H,1H3;2*1H2;2*1H;;. The Kier molecular flexibility index (Phi) is 15.1. The fourth-order valence-corrected chi connectivity index (χ4v) is 33.3. The summed E-state index contributed by atoms with van der Waals surface area (Å²) >= 11 is -4.88. The van der Waals surface area contributed by atoms with Gasteiger partial charge in [0.1, 0.15) is 0 Å². The first-order valence-corrected chi connectivity index (χ1v) is 37.5. The van der Waals surface area contributed by atoms with Gasteiger partial charge in [-0.2, -0.15) is 0 Å². The fraction of sp³-hybridized carbons (Fsp3) is 0.121. The van der Waals surface area contributed by atoms with Gasteiger partial charge in [0.25, 0.3) is 0 Å². The minimum atomic E-state index is -2.44. The zero-order valence-corrected chi connectivity index (χ0v) is 49.1. The Morgan fingerprint density at radius 2 is 0.471 bits per heavy atom. The summed E-state index contributed by atoms with van der Waals surface area (Å²) in [6, 6.07) is 70.8. The van der Waals surface area contributed by atoms with E-state index in [4.69, 9.17) is 8.52 Å². The Morgan fingerprint density at radius 3 is 0.671 bits per heavy atom. The van der Waals surface area contributed by atoms with Gasteiger partial charge >= 0.3 is 423 Å². The molecule has 4 unspecified atom stereocenters. The van der Waals surface area contributed by atoms with E-state index in [2.05, 4.69) is 246 Å². The molecule has 344 valence electrons. The Bertz CT molecular complexity index is 2960. The molecular weight excluding hydrogens is 1220 g/mol. The van der Waals surface area contributed by atoms with Crippen molar-refractivity contribution in [2.45, 2.75) is 42.4 Å². The number of rotatable bonds is 8. The van der Waals surface area contributed by atoms with Crippen LogP contribution in [-0.2, 0) is 41.9 Å². The van der Waals surface area contributed by atoms with Crippen LogP contribution in [0.3, 0.4) is 0 Å². The van der Waals surface area contributed by atoms with Gasteiger partial charge in [-0.05, 0) is 0 Å². The average molecular weight is 1280 g/mol. The van der Waals surface area contributed by atoms with Crippen LogP contribution in [-0.4, -0.2) is 8.52 Å². The van der Waals surface area contributed by atoms with Gasteiger partial charge < -0.3 is 0 Å². The normalized spacial score (nSPS) is 17.7. The molecule has 0 radical (unpaired) electrons. The van der Waals surface area contributed by atoms with Crippen molar-refractivity contribution in [1.82, 2.24) is 0 Å². The van der Waals surface area contributed by atoms with E-state index in [-0.39, 0.29) is 24.8 Å². The number of allylic oxidation sites excluding steroid dienone is 4. The molecule has 8 aromatic carbocycles. The third kappa shape index (κ3) is 9.04. The summed E-state index contributed by atoms with van der Waals surface area (Å²) in [6.07, 6.45) is 9.81. The van der Waals surface area contributed by atoms with Crippen LogP contribution < -0.4 is 0 Å². The van der Waals surface area contributed by atoms with Crippen LogP contribution in [0.25, 0.3) is 68.8 Å². The number of hydrogen-bond donors (Lipinski definition) is 0. The molecule has 0 amide bonds. The zero-order chi connectivity index (χ0) is 46.5. The maximum absolute atomic E-state index is 5.04. The van der Waals surface area contributed by atoms with E-state index in [9.17, 15) is 0 Å². The van der Waals surface area contributed by atoms with Crippen molar-refractivity contribution in [2.75, 3.05) is 0 Å². The molecule has 0 N–H and O–H groups in total. The first-order chi connectivity index (χ1) is 33.3. The van der Waals surface area contributed by atoms with E-state index in [1.807, 2.05) is 0 Å². The molecule has 0 spiro atoms. The second-order valence-corrected chi connectivity index (χ2v) is 35.7. The Hall–Kier alpha value is -5.22. The molecule has 0 aromatic heterocycles. The molecular formula is C66H58Cl2Hf2. The van der Waals surface area contributed by atoms with Crippen LogP contribution in [0.5, 0.6) is 0 Å². The third-order valence-corrected chi connectivity index (χ3v) is 36.6. The molecule has 4 aliphatic carbocycles. The van der Waals surface area contributed by atoms with Gasteiger partial charge in [0.2, 0.25) is 0 Å². The van der Waals surface area contributed by atoms with Gasteiger partial charge in [-0.15, -0.1) is 24.8 Å².